The molecule has 0 spiro atoms. The zero-order valence-corrected chi connectivity index (χ0v) is 10.8. The Morgan fingerprint density at radius 3 is 2.63 bits per heavy atom. The van der Waals surface area contributed by atoms with Gasteiger partial charge in [-0.05, 0) is 24.6 Å². The monoisotopic (exact) mass is 272 g/mol. The van der Waals surface area contributed by atoms with E-state index >= 15 is 0 Å². The van der Waals surface area contributed by atoms with Gasteiger partial charge in [-0.25, -0.2) is 4.98 Å². The number of aromatic nitrogens is 2. The van der Waals surface area contributed by atoms with E-state index in [1.54, 1.807) is 0 Å². The van der Waals surface area contributed by atoms with Crippen LogP contribution < -0.4 is 0 Å². The molecule has 3 nitrogen and oxygen atoms in total. The van der Waals surface area contributed by atoms with Gasteiger partial charge in [0.1, 0.15) is 12.4 Å². The molecule has 0 aliphatic rings. The first-order valence-electron chi connectivity index (χ1n) is 6.02. The normalized spacial score (nSPS) is 12.3. The van der Waals surface area contributed by atoms with Crippen LogP contribution in [0.25, 0.3) is 11.0 Å². The van der Waals surface area contributed by atoms with Crippen molar-refractivity contribution in [2.75, 3.05) is 7.11 Å². The van der Waals surface area contributed by atoms with E-state index in [0.29, 0.717) is 23.4 Å². The van der Waals surface area contributed by atoms with Gasteiger partial charge in [0.05, 0.1) is 16.6 Å². The molecule has 0 aliphatic carbocycles. The first-order valence-corrected chi connectivity index (χ1v) is 6.02. The Morgan fingerprint density at radius 1 is 1.32 bits per heavy atom. The van der Waals surface area contributed by atoms with Crippen LogP contribution in [0, 0.1) is 0 Å². The molecule has 0 bridgehead atoms. The second-order valence-corrected chi connectivity index (χ2v) is 4.31. The molecular formula is C13H15F3N2O. The molecule has 0 saturated heterocycles. The van der Waals surface area contributed by atoms with Gasteiger partial charge in [-0.15, -0.1) is 0 Å². The Hall–Kier alpha value is -1.56. The van der Waals surface area contributed by atoms with Crippen LogP contribution in [0.1, 0.15) is 24.7 Å². The minimum atomic E-state index is -4.34. The van der Waals surface area contributed by atoms with Crippen LogP contribution in [-0.4, -0.2) is 16.7 Å². The van der Waals surface area contributed by atoms with Gasteiger partial charge in [0, 0.05) is 13.7 Å². The Bertz CT molecular complexity index is 575. The fourth-order valence-electron chi connectivity index (χ4n) is 2.07. The largest absolute Gasteiger partial charge is 0.416 e. The highest BCUT2D eigenvalue weighted by Gasteiger charge is 2.31. The van der Waals surface area contributed by atoms with Gasteiger partial charge >= 0.3 is 6.18 Å². The minimum absolute atomic E-state index is 0.288. The fraction of sp³-hybridized carbons (Fsp3) is 0.462. The van der Waals surface area contributed by atoms with Crippen LogP contribution in [0.4, 0.5) is 13.2 Å². The molecule has 0 unspecified atom stereocenters. The van der Waals surface area contributed by atoms with Gasteiger partial charge in [0.2, 0.25) is 0 Å². The Balaban J connectivity index is 2.55. The molecule has 0 N–H and O–H groups in total. The van der Waals surface area contributed by atoms with Gasteiger partial charge in [-0.1, -0.05) is 6.92 Å². The first-order chi connectivity index (χ1) is 8.97. The van der Waals surface area contributed by atoms with E-state index in [1.807, 2.05) is 11.5 Å². The SMILES string of the molecule is CCCn1c(COC)nc2cc(C(F)(F)F)ccc21. The quantitative estimate of drug-likeness (QED) is 0.850. The molecule has 0 atom stereocenters. The van der Waals surface area contributed by atoms with Crippen molar-refractivity contribution in [2.45, 2.75) is 32.7 Å². The molecule has 1 aromatic carbocycles. The lowest BCUT2D eigenvalue weighted by Crippen LogP contribution is -2.05. The second-order valence-electron chi connectivity index (χ2n) is 4.31. The number of rotatable bonds is 4. The summed E-state index contributed by atoms with van der Waals surface area (Å²) in [6, 6.07) is 3.65. The van der Waals surface area contributed by atoms with Gasteiger partial charge in [-0.2, -0.15) is 13.2 Å². The Morgan fingerprint density at radius 2 is 2.05 bits per heavy atom. The molecule has 2 aromatic rings. The number of aryl methyl sites for hydroxylation is 1. The lowest BCUT2D eigenvalue weighted by molar-refractivity contribution is -0.137. The molecule has 0 aliphatic heterocycles. The van der Waals surface area contributed by atoms with E-state index in [9.17, 15) is 13.2 Å². The molecule has 2 rings (SSSR count). The summed E-state index contributed by atoms with van der Waals surface area (Å²) in [7, 11) is 1.54. The first kappa shape index (κ1) is 13.9. The maximum atomic E-state index is 12.7. The maximum Gasteiger partial charge on any atom is 0.416 e. The summed E-state index contributed by atoms with van der Waals surface area (Å²) in [6.45, 7) is 3.00. The van der Waals surface area contributed by atoms with Crippen molar-refractivity contribution in [3.63, 3.8) is 0 Å². The van der Waals surface area contributed by atoms with E-state index in [0.717, 1.165) is 18.6 Å². The predicted molar refractivity (Wildman–Crippen MR) is 65.7 cm³/mol. The number of hydrogen-bond acceptors (Lipinski definition) is 2. The predicted octanol–water partition coefficient (Wildman–Crippen LogP) is 3.61. The standard InChI is InChI=1S/C13H15F3N2O/c1-3-6-18-11-5-4-9(13(14,15)16)7-10(11)17-12(18)8-19-2/h4-5,7H,3,6,8H2,1-2H3. The second kappa shape index (κ2) is 5.21. The molecule has 19 heavy (non-hydrogen) atoms. The number of alkyl halides is 3. The zero-order valence-electron chi connectivity index (χ0n) is 10.8. The van der Waals surface area contributed by atoms with Crippen molar-refractivity contribution in [1.29, 1.82) is 0 Å². The highest BCUT2D eigenvalue weighted by Crippen LogP contribution is 2.31. The molecule has 0 radical (unpaired) electrons. The van der Waals surface area contributed by atoms with E-state index in [2.05, 4.69) is 4.98 Å². The third-order valence-electron chi connectivity index (χ3n) is 2.88. The molecule has 0 fully saturated rings. The van der Waals surface area contributed by atoms with Gasteiger partial charge in [-0.3, -0.25) is 0 Å². The lowest BCUT2D eigenvalue weighted by atomic mass is 10.2. The summed E-state index contributed by atoms with van der Waals surface area (Å²) in [4.78, 5) is 4.23. The molecule has 6 heteroatoms. The molecule has 104 valence electrons. The number of imidazole rings is 1. The minimum Gasteiger partial charge on any atom is -0.377 e. The summed E-state index contributed by atoms with van der Waals surface area (Å²) in [5, 5.41) is 0. The Kier molecular flexibility index (Phi) is 3.80. The van der Waals surface area contributed by atoms with Crippen molar-refractivity contribution < 1.29 is 17.9 Å². The van der Waals surface area contributed by atoms with Crippen molar-refractivity contribution >= 4 is 11.0 Å². The van der Waals surface area contributed by atoms with Gasteiger partial charge in [0.25, 0.3) is 0 Å². The summed E-state index contributed by atoms with van der Waals surface area (Å²) in [5.41, 5.74) is 0.391. The smallest absolute Gasteiger partial charge is 0.377 e. The number of halogens is 3. The number of ether oxygens (including phenoxy) is 1. The van der Waals surface area contributed by atoms with E-state index in [1.165, 1.54) is 13.2 Å². The summed E-state index contributed by atoms with van der Waals surface area (Å²) < 4.78 is 44.9. The van der Waals surface area contributed by atoms with Crippen LogP contribution >= 0.6 is 0 Å². The molecular weight excluding hydrogens is 257 g/mol. The van der Waals surface area contributed by atoms with Crippen molar-refractivity contribution in [3.05, 3.63) is 29.6 Å². The number of hydrogen-bond donors (Lipinski definition) is 0. The van der Waals surface area contributed by atoms with Gasteiger partial charge < -0.3 is 9.30 Å². The summed E-state index contributed by atoms with van der Waals surface area (Å²) in [6.07, 6.45) is -3.46. The highest BCUT2D eigenvalue weighted by atomic mass is 19.4. The van der Waals surface area contributed by atoms with Crippen molar-refractivity contribution in [1.82, 2.24) is 9.55 Å². The van der Waals surface area contributed by atoms with Crippen molar-refractivity contribution in [3.8, 4) is 0 Å². The van der Waals surface area contributed by atoms with Crippen LogP contribution in [0.3, 0.4) is 0 Å². The van der Waals surface area contributed by atoms with E-state index in [-0.39, 0.29) is 6.61 Å². The summed E-state index contributed by atoms with van der Waals surface area (Å²) >= 11 is 0. The van der Waals surface area contributed by atoms with Crippen LogP contribution in [-0.2, 0) is 24.1 Å². The van der Waals surface area contributed by atoms with Gasteiger partial charge in [0.15, 0.2) is 0 Å². The average molecular weight is 272 g/mol. The van der Waals surface area contributed by atoms with E-state index in [4.69, 9.17) is 4.74 Å². The highest BCUT2D eigenvalue weighted by molar-refractivity contribution is 5.77. The maximum absolute atomic E-state index is 12.7. The third kappa shape index (κ3) is 2.73. The zero-order chi connectivity index (χ0) is 14.0. The lowest BCUT2D eigenvalue weighted by Gasteiger charge is -2.08. The third-order valence-corrected chi connectivity index (χ3v) is 2.88. The fourth-order valence-corrected chi connectivity index (χ4v) is 2.07. The Labute approximate surface area is 109 Å². The van der Waals surface area contributed by atoms with E-state index < -0.39 is 11.7 Å². The molecule has 0 amide bonds. The molecule has 1 heterocycles. The number of nitrogens with zero attached hydrogens (tertiary/aromatic N) is 2. The van der Waals surface area contributed by atoms with Crippen LogP contribution in [0.15, 0.2) is 18.2 Å². The number of fused-ring (bicyclic) bond motifs is 1. The summed E-state index contributed by atoms with van der Waals surface area (Å²) in [5.74, 6) is 0.652. The topological polar surface area (TPSA) is 27.1 Å². The van der Waals surface area contributed by atoms with Crippen molar-refractivity contribution in [2.24, 2.45) is 0 Å². The molecule has 0 saturated carbocycles. The van der Waals surface area contributed by atoms with Crippen LogP contribution in [0.5, 0.6) is 0 Å². The number of methoxy groups -OCH3 is 1. The molecule has 1 aromatic heterocycles. The number of benzene rings is 1. The average Bonchev–Trinajstić information content (AvgIpc) is 2.67. The van der Waals surface area contributed by atoms with Crippen LogP contribution in [0.2, 0.25) is 0 Å².